The van der Waals surface area contributed by atoms with Gasteiger partial charge in [-0.1, -0.05) is 29.8 Å². The topological polar surface area (TPSA) is 55.1 Å². The molecule has 1 heterocycles. The second-order valence-electron chi connectivity index (χ2n) is 5.44. The van der Waals surface area contributed by atoms with E-state index in [9.17, 15) is 4.79 Å². The number of carbonyl (C=O) groups excluding carboxylic acids is 1. The van der Waals surface area contributed by atoms with E-state index in [-0.39, 0.29) is 5.91 Å². The Bertz CT molecular complexity index is 825. The van der Waals surface area contributed by atoms with Gasteiger partial charge in [0.2, 0.25) is 5.91 Å². The first-order valence-corrected chi connectivity index (χ1v) is 8.56. The molecule has 0 bridgehead atoms. The van der Waals surface area contributed by atoms with Crippen LogP contribution in [0.5, 0.6) is 0 Å². The molecule has 0 aliphatic carbocycles. The smallest absolute Gasteiger partial charge is 0.234 e. The second kappa shape index (κ2) is 6.87. The fourth-order valence-electron chi connectivity index (χ4n) is 2.26. The number of anilines is 1. The number of benzene rings is 2. The van der Waals surface area contributed by atoms with Crippen LogP contribution in [0.25, 0.3) is 11.1 Å². The van der Waals surface area contributed by atoms with Gasteiger partial charge in [-0.2, -0.15) is 0 Å². The summed E-state index contributed by atoms with van der Waals surface area (Å²) in [5, 5.41) is 2.90. The Morgan fingerprint density at radius 3 is 2.74 bits per heavy atom. The third-order valence-corrected chi connectivity index (χ3v) is 4.40. The molecule has 23 heavy (non-hydrogen) atoms. The summed E-state index contributed by atoms with van der Waals surface area (Å²) in [6.45, 7) is 3.87. The molecule has 118 valence electrons. The van der Waals surface area contributed by atoms with Gasteiger partial charge in [0.05, 0.1) is 5.75 Å². The summed E-state index contributed by atoms with van der Waals surface area (Å²) >= 11 is 1.60. The number of oxazole rings is 1. The number of carbonyl (C=O) groups is 1. The van der Waals surface area contributed by atoms with Crippen LogP contribution in [-0.2, 0) is 10.5 Å². The number of nitrogens with one attached hydrogen (secondary N) is 1. The zero-order chi connectivity index (χ0) is 16.2. The van der Waals surface area contributed by atoms with Crippen molar-refractivity contribution < 1.29 is 9.21 Å². The Morgan fingerprint density at radius 2 is 1.96 bits per heavy atom. The quantitative estimate of drug-likeness (QED) is 0.759. The maximum absolute atomic E-state index is 12.0. The minimum Gasteiger partial charge on any atom is -0.441 e. The van der Waals surface area contributed by atoms with Gasteiger partial charge in [0.1, 0.15) is 5.52 Å². The van der Waals surface area contributed by atoms with Gasteiger partial charge in [0.25, 0.3) is 0 Å². The summed E-state index contributed by atoms with van der Waals surface area (Å²) in [6, 6.07) is 13.9. The summed E-state index contributed by atoms with van der Waals surface area (Å²) in [5.74, 6) is 1.86. The molecule has 3 aromatic rings. The molecule has 0 saturated heterocycles. The molecule has 1 amide bonds. The molecule has 0 fully saturated rings. The minimum atomic E-state index is -0.0123. The van der Waals surface area contributed by atoms with Crippen LogP contribution in [0.2, 0.25) is 0 Å². The van der Waals surface area contributed by atoms with Gasteiger partial charge in [-0.05, 0) is 30.7 Å². The Hall–Kier alpha value is -2.27. The summed E-state index contributed by atoms with van der Waals surface area (Å²) in [5.41, 5.74) is 4.71. The zero-order valence-electron chi connectivity index (χ0n) is 13.1. The average Bonchev–Trinajstić information content (AvgIpc) is 2.88. The van der Waals surface area contributed by atoms with Crippen LogP contribution >= 0.6 is 11.8 Å². The van der Waals surface area contributed by atoms with Gasteiger partial charge in [-0.15, -0.1) is 11.8 Å². The molecule has 0 aliphatic rings. The van der Waals surface area contributed by atoms with Gasteiger partial charge in [-0.25, -0.2) is 4.98 Å². The number of hydrogen-bond donors (Lipinski definition) is 1. The van der Waals surface area contributed by atoms with Crippen molar-refractivity contribution >= 4 is 34.5 Å². The molecule has 0 spiro atoms. The summed E-state index contributed by atoms with van der Waals surface area (Å²) in [4.78, 5) is 16.3. The normalized spacial score (nSPS) is 10.9. The van der Waals surface area contributed by atoms with Crippen molar-refractivity contribution in [3.05, 3.63) is 59.5 Å². The van der Waals surface area contributed by atoms with Crippen LogP contribution in [0.3, 0.4) is 0 Å². The van der Waals surface area contributed by atoms with Crippen LogP contribution < -0.4 is 5.32 Å². The fraction of sp³-hybridized carbons (Fsp3) is 0.222. The lowest BCUT2D eigenvalue weighted by molar-refractivity contribution is -0.113. The number of nitrogens with zero attached hydrogens (tertiary/aromatic N) is 1. The Morgan fingerprint density at radius 1 is 1.17 bits per heavy atom. The van der Waals surface area contributed by atoms with Crippen molar-refractivity contribution in [3.63, 3.8) is 0 Å². The van der Waals surface area contributed by atoms with E-state index >= 15 is 0 Å². The molecule has 0 radical (unpaired) electrons. The van der Waals surface area contributed by atoms with Crippen molar-refractivity contribution in [1.29, 1.82) is 0 Å². The predicted molar refractivity (Wildman–Crippen MR) is 94.7 cm³/mol. The highest BCUT2D eigenvalue weighted by molar-refractivity contribution is 7.99. The zero-order valence-corrected chi connectivity index (χ0v) is 13.9. The van der Waals surface area contributed by atoms with E-state index < -0.39 is 0 Å². The molecule has 4 nitrogen and oxygen atoms in total. The molecular formula is C18H18N2O2S. The van der Waals surface area contributed by atoms with E-state index in [1.807, 2.05) is 18.2 Å². The number of thioether (sulfide) groups is 1. The van der Waals surface area contributed by atoms with Crippen molar-refractivity contribution in [2.24, 2.45) is 0 Å². The first-order valence-electron chi connectivity index (χ1n) is 7.40. The second-order valence-corrected chi connectivity index (χ2v) is 6.43. The molecule has 0 saturated carbocycles. The summed E-state index contributed by atoms with van der Waals surface area (Å²) in [6.07, 6.45) is 0. The molecule has 0 unspecified atom stereocenters. The molecule has 2 aromatic carbocycles. The van der Waals surface area contributed by atoms with Gasteiger partial charge in [-0.3, -0.25) is 4.79 Å². The van der Waals surface area contributed by atoms with E-state index in [1.165, 1.54) is 11.1 Å². The van der Waals surface area contributed by atoms with Gasteiger partial charge < -0.3 is 9.73 Å². The van der Waals surface area contributed by atoms with Crippen molar-refractivity contribution in [1.82, 2.24) is 4.98 Å². The van der Waals surface area contributed by atoms with Crippen LogP contribution in [0.15, 0.2) is 46.9 Å². The SMILES string of the molecule is Cc1ccc(CSCC(=O)Nc2ccc3oc(C)nc3c2)cc1. The predicted octanol–water partition coefficient (Wildman–Crippen LogP) is 4.32. The first-order chi connectivity index (χ1) is 11.1. The van der Waals surface area contributed by atoms with Crippen molar-refractivity contribution in [2.75, 3.05) is 11.1 Å². The van der Waals surface area contributed by atoms with E-state index in [4.69, 9.17) is 4.42 Å². The van der Waals surface area contributed by atoms with Crippen LogP contribution in [0, 0.1) is 13.8 Å². The van der Waals surface area contributed by atoms with E-state index in [0.717, 1.165) is 22.5 Å². The molecule has 1 N–H and O–H groups in total. The van der Waals surface area contributed by atoms with Gasteiger partial charge >= 0.3 is 0 Å². The molecule has 5 heteroatoms. The molecular weight excluding hydrogens is 308 g/mol. The maximum Gasteiger partial charge on any atom is 0.234 e. The number of amides is 1. The standard InChI is InChI=1S/C18H18N2O2S/c1-12-3-5-14(6-4-12)10-23-11-18(21)20-15-7-8-17-16(9-15)19-13(2)22-17/h3-9H,10-11H2,1-2H3,(H,20,21). The Balaban J connectivity index is 1.52. The molecule has 1 aromatic heterocycles. The van der Waals surface area contributed by atoms with Crippen molar-refractivity contribution in [3.8, 4) is 0 Å². The van der Waals surface area contributed by atoms with Crippen LogP contribution in [0.1, 0.15) is 17.0 Å². The molecule has 0 atom stereocenters. The maximum atomic E-state index is 12.0. The lowest BCUT2D eigenvalue weighted by atomic mass is 10.2. The van der Waals surface area contributed by atoms with E-state index in [0.29, 0.717) is 11.6 Å². The highest BCUT2D eigenvalue weighted by Gasteiger charge is 2.06. The fourth-order valence-corrected chi connectivity index (χ4v) is 3.05. The first kappa shape index (κ1) is 15.6. The highest BCUT2D eigenvalue weighted by atomic mass is 32.2. The number of hydrogen-bond acceptors (Lipinski definition) is 4. The van der Waals surface area contributed by atoms with Crippen molar-refractivity contribution in [2.45, 2.75) is 19.6 Å². The van der Waals surface area contributed by atoms with Gasteiger partial charge in [0, 0.05) is 18.4 Å². The average molecular weight is 326 g/mol. The Labute approximate surface area is 139 Å². The third-order valence-electron chi connectivity index (χ3n) is 3.40. The largest absolute Gasteiger partial charge is 0.441 e. The van der Waals surface area contributed by atoms with Crippen LogP contribution in [-0.4, -0.2) is 16.6 Å². The lowest BCUT2D eigenvalue weighted by Gasteiger charge is -2.05. The number of rotatable bonds is 5. The highest BCUT2D eigenvalue weighted by Crippen LogP contribution is 2.20. The van der Waals surface area contributed by atoms with E-state index in [1.54, 1.807) is 18.7 Å². The third kappa shape index (κ3) is 4.13. The van der Waals surface area contributed by atoms with E-state index in [2.05, 4.69) is 41.5 Å². The number of aryl methyl sites for hydroxylation is 2. The van der Waals surface area contributed by atoms with Crippen LogP contribution in [0.4, 0.5) is 5.69 Å². The molecule has 3 rings (SSSR count). The number of fused-ring (bicyclic) bond motifs is 1. The monoisotopic (exact) mass is 326 g/mol. The lowest BCUT2D eigenvalue weighted by Crippen LogP contribution is -2.14. The van der Waals surface area contributed by atoms with Gasteiger partial charge in [0.15, 0.2) is 11.5 Å². The Kier molecular flexibility index (Phi) is 4.67. The number of aromatic nitrogens is 1. The molecule has 0 aliphatic heterocycles. The summed E-state index contributed by atoms with van der Waals surface area (Å²) in [7, 11) is 0. The summed E-state index contributed by atoms with van der Waals surface area (Å²) < 4.78 is 5.42. The minimum absolute atomic E-state index is 0.0123.